The van der Waals surface area contributed by atoms with Gasteiger partial charge < -0.3 is 15.2 Å². The Morgan fingerprint density at radius 1 is 1.19 bits per heavy atom. The zero-order chi connectivity index (χ0) is 18.7. The maximum atomic E-state index is 12.3. The molecule has 3 rings (SSSR count). The van der Waals surface area contributed by atoms with Crippen molar-refractivity contribution in [2.75, 3.05) is 12.4 Å². The minimum absolute atomic E-state index is 0.129. The van der Waals surface area contributed by atoms with Gasteiger partial charge in [-0.2, -0.15) is 0 Å². The number of rotatable bonds is 4. The largest absolute Gasteiger partial charge is 0.497 e. The van der Waals surface area contributed by atoms with Crippen LogP contribution in [0, 0.1) is 3.57 Å². The Bertz CT molecular complexity index is 1010. The number of methoxy groups -OCH3 is 1. The lowest BCUT2D eigenvalue weighted by molar-refractivity contribution is 0.0948. The van der Waals surface area contributed by atoms with Crippen molar-refractivity contribution in [3.05, 3.63) is 57.8 Å². The van der Waals surface area contributed by atoms with E-state index in [-0.39, 0.29) is 5.56 Å². The highest BCUT2D eigenvalue weighted by Crippen LogP contribution is 2.31. The van der Waals surface area contributed by atoms with Crippen LogP contribution in [0.4, 0.5) is 16.2 Å². The molecule has 0 bridgehead atoms. The van der Waals surface area contributed by atoms with Gasteiger partial charge in [0.05, 0.1) is 23.9 Å². The molecule has 0 spiro atoms. The van der Waals surface area contributed by atoms with Crippen LogP contribution < -0.4 is 15.4 Å². The van der Waals surface area contributed by atoms with Gasteiger partial charge >= 0.3 is 6.09 Å². The monoisotopic (exact) mass is 463 g/mol. The van der Waals surface area contributed by atoms with E-state index in [9.17, 15) is 9.59 Å². The first-order valence-corrected chi connectivity index (χ1v) is 8.59. The van der Waals surface area contributed by atoms with E-state index in [1.807, 2.05) is 35.6 Å². The van der Waals surface area contributed by atoms with E-state index in [2.05, 4.69) is 32.9 Å². The number of benzene rings is 2. The number of halogens is 1. The van der Waals surface area contributed by atoms with E-state index in [1.54, 1.807) is 19.2 Å². The highest BCUT2D eigenvalue weighted by Gasteiger charge is 2.18. The SMILES string of the molecule is COc1cccc(Nc2c(C(=O)NC(=O)O)cnc3ccc(I)cc23)c1. The number of nitrogens with zero attached hydrogens (tertiary/aromatic N) is 1. The summed E-state index contributed by atoms with van der Waals surface area (Å²) in [7, 11) is 1.56. The molecule has 0 saturated carbocycles. The van der Waals surface area contributed by atoms with Gasteiger partial charge in [-0.25, -0.2) is 4.79 Å². The van der Waals surface area contributed by atoms with Crippen LogP contribution in [0.3, 0.4) is 0 Å². The zero-order valence-electron chi connectivity index (χ0n) is 13.6. The van der Waals surface area contributed by atoms with E-state index in [1.165, 1.54) is 6.20 Å². The summed E-state index contributed by atoms with van der Waals surface area (Å²) in [5, 5.41) is 14.6. The summed E-state index contributed by atoms with van der Waals surface area (Å²) in [6.07, 6.45) is -0.0687. The zero-order valence-corrected chi connectivity index (χ0v) is 15.8. The third kappa shape index (κ3) is 3.85. The predicted molar refractivity (Wildman–Crippen MR) is 106 cm³/mol. The number of imide groups is 1. The Labute approximate surface area is 162 Å². The second kappa shape index (κ2) is 7.56. The maximum absolute atomic E-state index is 12.3. The fourth-order valence-corrected chi connectivity index (χ4v) is 2.97. The van der Waals surface area contributed by atoms with Crippen LogP contribution in [0.2, 0.25) is 0 Å². The molecule has 1 heterocycles. The van der Waals surface area contributed by atoms with Gasteiger partial charge in [-0.1, -0.05) is 6.07 Å². The number of carbonyl (C=O) groups is 2. The Balaban J connectivity index is 2.16. The summed E-state index contributed by atoms with van der Waals surface area (Å²) in [4.78, 5) is 27.4. The molecule has 8 heteroatoms. The molecule has 1 aromatic heterocycles. The molecule has 0 aliphatic heterocycles. The molecule has 0 atom stereocenters. The molecule has 0 radical (unpaired) electrons. The average Bonchev–Trinajstić information content (AvgIpc) is 2.61. The summed E-state index contributed by atoms with van der Waals surface area (Å²) in [6, 6.07) is 12.8. The first-order chi connectivity index (χ1) is 12.5. The number of aromatic nitrogens is 1. The van der Waals surface area contributed by atoms with Crippen molar-refractivity contribution in [1.82, 2.24) is 10.3 Å². The summed E-state index contributed by atoms with van der Waals surface area (Å²) >= 11 is 2.17. The van der Waals surface area contributed by atoms with Crippen LogP contribution in [-0.2, 0) is 0 Å². The number of carbonyl (C=O) groups excluding carboxylic acids is 1. The van der Waals surface area contributed by atoms with Gasteiger partial charge in [0.25, 0.3) is 5.91 Å². The van der Waals surface area contributed by atoms with E-state index >= 15 is 0 Å². The summed E-state index contributed by atoms with van der Waals surface area (Å²) in [5.41, 5.74) is 1.98. The number of pyridine rings is 1. The van der Waals surface area contributed by atoms with Gasteiger partial charge in [-0.3, -0.25) is 15.1 Å². The van der Waals surface area contributed by atoms with Crippen molar-refractivity contribution >= 4 is 56.9 Å². The number of fused-ring (bicyclic) bond motifs is 1. The van der Waals surface area contributed by atoms with Gasteiger partial charge in [0.1, 0.15) is 5.75 Å². The van der Waals surface area contributed by atoms with E-state index in [4.69, 9.17) is 9.84 Å². The Hall–Kier alpha value is -2.88. The molecular formula is C18H14IN3O4. The van der Waals surface area contributed by atoms with Gasteiger partial charge in [0.15, 0.2) is 0 Å². The minimum Gasteiger partial charge on any atom is -0.497 e. The summed E-state index contributed by atoms with van der Waals surface area (Å²) in [6.45, 7) is 0. The topological polar surface area (TPSA) is 101 Å². The predicted octanol–water partition coefficient (Wildman–Crippen LogP) is 4.00. The average molecular weight is 463 g/mol. The minimum atomic E-state index is -1.43. The number of carboxylic acid groups (broad SMARTS) is 1. The van der Waals surface area contributed by atoms with Crippen LogP contribution in [0.15, 0.2) is 48.7 Å². The van der Waals surface area contributed by atoms with Crippen molar-refractivity contribution in [2.45, 2.75) is 0 Å². The maximum Gasteiger partial charge on any atom is 0.411 e. The van der Waals surface area contributed by atoms with Gasteiger partial charge in [-0.15, -0.1) is 0 Å². The van der Waals surface area contributed by atoms with Crippen LogP contribution >= 0.6 is 22.6 Å². The highest BCUT2D eigenvalue weighted by molar-refractivity contribution is 14.1. The fourth-order valence-electron chi connectivity index (χ4n) is 2.48. The van der Waals surface area contributed by atoms with Crippen LogP contribution in [-0.4, -0.2) is 29.2 Å². The molecular weight excluding hydrogens is 449 g/mol. The molecule has 2 aromatic carbocycles. The summed E-state index contributed by atoms with van der Waals surface area (Å²) < 4.78 is 6.18. The standard InChI is InChI=1S/C18H14IN3O4/c1-26-12-4-2-3-11(8-12)21-16-13-7-10(19)5-6-15(13)20-9-14(16)17(23)22-18(24)25/h2-9H,1H3,(H,20,21)(H,22,23)(H,24,25). The van der Waals surface area contributed by atoms with Gasteiger partial charge in [-0.05, 0) is 52.9 Å². The quantitative estimate of drug-likeness (QED) is 0.506. The van der Waals surface area contributed by atoms with Crippen molar-refractivity contribution in [2.24, 2.45) is 0 Å². The first-order valence-electron chi connectivity index (χ1n) is 7.51. The number of nitrogens with one attached hydrogen (secondary N) is 2. The van der Waals surface area contributed by atoms with Crippen LogP contribution in [0.25, 0.3) is 10.9 Å². The first kappa shape index (κ1) is 17.9. The number of amides is 2. The number of anilines is 2. The molecule has 132 valence electrons. The lowest BCUT2D eigenvalue weighted by Gasteiger charge is -2.15. The van der Waals surface area contributed by atoms with Crippen molar-refractivity contribution < 1.29 is 19.4 Å². The third-order valence-electron chi connectivity index (χ3n) is 3.63. The molecule has 3 aromatic rings. The number of ether oxygens (including phenoxy) is 1. The normalized spacial score (nSPS) is 10.4. The third-order valence-corrected chi connectivity index (χ3v) is 4.31. The van der Waals surface area contributed by atoms with Gasteiger partial charge in [0, 0.05) is 26.9 Å². The van der Waals surface area contributed by atoms with Crippen LogP contribution in [0.1, 0.15) is 10.4 Å². The smallest absolute Gasteiger partial charge is 0.411 e. The Morgan fingerprint density at radius 3 is 2.73 bits per heavy atom. The molecule has 7 nitrogen and oxygen atoms in total. The molecule has 0 aliphatic rings. The Morgan fingerprint density at radius 2 is 2.00 bits per heavy atom. The van der Waals surface area contributed by atoms with Crippen molar-refractivity contribution in [1.29, 1.82) is 0 Å². The second-order valence-electron chi connectivity index (χ2n) is 5.32. The molecule has 2 amide bonds. The summed E-state index contributed by atoms with van der Waals surface area (Å²) in [5.74, 6) is -0.101. The highest BCUT2D eigenvalue weighted by atomic mass is 127. The number of hydrogen-bond donors (Lipinski definition) is 3. The second-order valence-corrected chi connectivity index (χ2v) is 6.57. The van der Waals surface area contributed by atoms with Crippen molar-refractivity contribution in [3.63, 3.8) is 0 Å². The molecule has 3 N–H and O–H groups in total. The molecule has 26 heavy (non-hydrogen) atoms. The molecule has 0 saturated heterocycles. The van der Waals surface area contributed by atoms with Gasteiger partial charge in [0.2, 0.25) is 0 Å². The fraction of sp³-hybridized carbons (Fsp3) is 0.0556. The molecule has 0 unspecified atom stereocenters. The molecule has 0 fully saturated rings. The van der Waals surface area contributed by atoms with E-state index in [0.29, 0.717) is 28.0 Å². The van der Waals surface area contributed by atoms with E-state index in [0.717, 1.165) is 3.57 Å². The van der Waals surface area contributed by atoms with Crippen LogP contribution in [0.5, 0.6) is 5.75 Å². The number of hydrogen-bond acceptors (Lipinski definition) is 5. The van der Waals surface area contributed by atoms with Crippen molar-refractivity contribution in [3.8, 4) is 5.75 Å². The molecule has 0 aliphatic carbocycles. The Kier molecular flexibility index (Phi) is 5.21. The lowest BCUT2D eigenvalue weighted by Crippen LogP contribution is -2.29. The van der Waals surface area contributed by atoms with E-state index < -0.39 is 12.0 Å². The lowest BCUT2D eigenvalue weighted by atomic mass is 10.1.